The van der Waals surface area contributed by atoms with Gasteiger partial charge in [0.1, 0.15) is 10.8 Å². The third-order valence-corrected chi connectivity index (χ3v) is 6.17. The Morgan fingerprint density at radius 3 is 2.76 bits per heavy atom. The molecule has 1 unspecified atom stereocenters. The number of halogens is 2. The zero-order valence-electron chi connectivity index (χ0n) is 16.3. The van der Waals surface area contributed by atoms with Crippen molar-refractivity contribution >= 4 is 45.3 Å². The zero-order chi connectivity index (χ0) is 21.1. The molecular weight excluding hydrogens is 418 g/mol. The Morgan fingerprint density at radius 1 is 1.34 bits per heavy atom. The van der Waals surface area contributed by atoms with Crippen LogP contribution in [0, 0.1) is 12.8 Å². The Kier molecular flexibility index (Phi) is 6.69. The van der Waals surface area contributed by atoms with Crippen molar-refractivity contribution < 1.29 is 23.0 Å². The maximum absolute atomic E-state index is 12.4. The molecule has 1 aliphatic carbocycles. The van der Waals surface area contributed by atoms with E-state index in [0.717, 1.165) is 24.8 Å². The number of aryl methyl sites for hydroxylation is 1. The largest absolute Gasteiger partial charge is 0.465 e. The molecule has 1 aromatic carbocycles. The Morgan fingerprint density at radius 2 is 2.10 bits per heavy atom. The van der Waals surface area contributed by atoms with Crippen molar-refractivity contribution in [3.8, 4) is 5.75 Å². The highest BCUT2D eigenvalue weighted by Gasteiger charge is 2.28. The summed E-state index contributed by atoms with van der Waals surface area (Å²) in [5.74, 6) is 0.267. The second kappa shape index (κ2) is 9.04. The summed E-state index contributed by atoms with van der Waals surface area (Å²) in [6.07, 6.45) is 2.79. The summed E-state index contributed by atoms with van der Waals surface area (Å²) >= 11 is 6.93. The van der Waals surface area contributed by atoms with Crippen molar-refractivity contribution in [1.29, 1.82) is 0 Å². The van der Waals surface area contributed by atoms with Crippen molar-refractivity contribution in [2.45, 2.75) is 39.7 Å². The lowest BCUT2D eigenvalue weighted by molar-refractivity contribution is -0.0498. The van der Waals surface area contributed by atoms with Crippen LogP contribution in [0.25, 0.3) is 0 Å². The van der Waals surface area contributed by atoms with Crippen LogP contribution >= 0.6 is 23.6 Å². The second-order valence-corrected chi connectivity index (χ2v) is 8.50. The Balaban J connectivity index is 1.78. The van der Waals surface area contributed by atoms with Crippen LogP contribution in [0.1, 0.15) is 39.7 Å². The molecule has 9 heteroatoms. The first-order valence-electron chi connectivity index (χ1n) is 9.14. The number of nitrogens with one attached hydrogen (secondary N) is 2. The SMILES string of the molecule is COC(=O)c1c(NC(=S)Nc2ccc(OC(F)F)cc2C)sc2c1CCC(C)C2. The maximum atomic E-state index is 12.4. The van der Waals surface area contributed by atoms with Gasteiger partial charge in [0.05, 0.1) is 12.7 Å². The van der Waals surface area contributed by atoms with Gasteiger partial charge in [-0.05, 0) is 73.6 Å². The van der Waals surface area contributed by atoms with Crippen LogP contribution in [0.3, 0.4) is 0 Å². The molecule has 0 amide bonds. The van der Waals surface area contributed by atoms with E-state index in [4.69, 9.17) is 17.0 Å². The van der Waals surface area contributed by atoms with E-state index in [2.05, 4.69) is 22.3 Å². The van der Waals surface area contributed by atoms with Crippen LogP contribution in [0.5, 0.6) is 5.75 Å². The van der Waals surface area contributed by atoms with E-state index in [1.54, 1.807) is 13.0 Å². The van der Waals surface area contributed by atoms with Gasteiger partial charge in [0.2, 0.25) is 0 Å². The van der Waals surface area contributed by atoms with Crippen LogP contribution < -0.4 is 15.4 Å². The minimum Gasteiger partial charge on any atom is -0.465 e. The van der Waals surface area contributed by atoms with Gasteiger partial charge in [-0.3, -0.25) is 0 Å². The van der Waals surface area contributed by atoms with Crippen LogP contribution in [0.2, 0.25) is 0 Å². The third-order valence-electron chi connectivity index (χ3n) is 4.80. The van der Waals surface area contributed by atoms with Crippen molar-refractivity contribution in [2.24, 2.45) is 5.92 Å². The number of ether oxygens (including phenoxy) is 2. The number of esters is 1. The van der Waals surface area contributed by atoms with Crippen LogP contribution in [-0.2, 0) is 17.6 Å². The summed E-state index contributed by atoms with van der Waals surface area (Å²) in [6, 6.07) is 4.56. The maximum Gasteiger partial charge on any atom is 0.387 e. The fourth-order valence-electron chi connectivity index (χ4n) is 3.37. The van der Waals surface area contributed by atoms with Gasteiger partial charge in [-0.15, -0.1) is 11.3 Å². The van der Waals surface area contributed by atoms with Gasteiger partial charge in [0, 0.05) is 10.6 Å². The van der Waals surface area contributed by atoms with E-state index in [0.29, 0.717) is 32.8 Å². The first-order chi connectivity index (χ1) is 13.8. The number of alkyl halides is 2. The molecule has 29 heavy (non-hydrogen) atoms. The number of carbonyl (C=O) groups is 1. The molecule has 0 bridgehead atoms. The Bertz CT molecular complexity index is 931. The quantitative estimate of drug-likeness (QED) is 0.481. The number of anilines is 2. The van der Waals surface area contributed by atoms with E-state index in [9.17, 15) is 13.6 Å². The van der Waals surface area contributed by atoms with Gasteiger partial charge in [0.15, 0.2) is 5.11 Å². The lowest BCUT2D eigenvalue weighted by Gasteiger charge is -2.18. The molecule has 0 fully saturated rings. The number of benzene rings is 1. The molecule has 1 heterocycles. The molecule has 0 aliphatic heterocycles. The van der Waals surface area contributed by atoms with Crippen molar-refractivity contribution in [2.75, 3.05) is 17.7 Å². The topological polar surface area (TPSA) is 59.6 Å². The van der Waals surface area contributed by atoms with Crippen LogP contribution in [0.4, 0.5) is 19.5 Å². The number of fused-ring (bicyclic) bond motifs is 1. The lowest BCUT2D eigenvalue weighted by Crippen LogP contribution is -2.21. The number of methoxy groups -OCH3 is 1. The summed E-state index contributed by atoms with van der Waals surface area (Å²) in [5.41, 5.74) is 2.93. The molecule has 0 saturated heterocycles. The molecule has 2 aromatic rings. The number of rotatable bonds is 5. The van der Waals surface area contributed by atoms with E-state index in [-0.39, 0.29) is 11.7 Å². The first kappa shape index (κ1) is 21.4. The summed E-state index contributed by atoms with van der Waals surface area (Å²) < 4.78 is 34.1. The van der Waals surface area contributed by atoms with Crippen LogP contribution in [0.15, 0.2) is 18.2 Å². The van der Waals surface area contributed by atoms with Crippen molar-refractivity contribution in [3.63, 3.8) is 0 Å². The summed E-state index contributed by atoms with van der Waals surface area (Å²) in [6.45, 7) is 1.08. The molecule has 2 N–H and O–H groups in total. The number of hydrogen-bond donors (Lipinski definition) is 2. The first-order valence-corrected chi connectivity index (χ1v) is 10.4. The molecule has 0 saturated carbocycles. The molecular formula is C20H22F2N2O3S2. The van der Waals surface area contributed by atoms with E-state index < -0.39 is 6.61 Å². The normalized spacial score (nSPS) is 15.6. The van der Waals surface area contributed by atoms with Gasteiger partial charge in [-0.2, -0.15) is 8.78 Å². The van der Waals surface area contributed by atoms with Gasteiger partial charge in [-0.25, -0.2) is 4.79 Å². The van der Waals surface area contributed by atoms with Gasteiger partial charge in [-0.1, -0.05) is 6.92 Å². The monoisotopic (exact) mass is 440 g/mol. The third kappa shape index (κ3) is 5.02. The number of carbonyl (C=O) groups excluding carboxylic acids is 1. The molecule has 156 valence electrons. The highest BCUT2D eigenvalue weighted by Crippen LogP contribution is 2.40. The highest BCUT2D eigenvalue weighted by atomic mass is 32.1. The molecule has 0 spiro atoms. The van der Waals surface area contributed by atoms with Gasteiger partial charge in [0.25, 0.3) is 0 Å². The molecule has 3 rings (SSSR count). The predicted octanol–water partition coefficient (Wildman–Crippen LogP) is 5.38. The Labute approximate surface area is 177 Å². The minimum absolute atomic E-state index is 0.0787. The second-order valence-electron chi connectivity index (χ2n) is 6.98. The number of hydrogen-bond acceptors (Lipinski definition) is 5. The van der Waals surface area contributed by atoms with E-state index >= 15 is 0 Å². The summed E-state index contributed by atoms with van der Waals surface area (Å²) in [5, 5.41) is 7.11. The van der Waals surface area contributed by atoms with Gasteiger partial charge >= 0.3 is 12.6 Å². The predicted molar refractivity (Wildman–Crippen MR) is 115 cm³/mol. The average molecular weight is 441 g/mol. The minimum atomic E-state index is -2.87. The summed E-state index contributed by atoms with van der Waals surface area (Å²) in [7, 11) is 1.37. The van der Waals surface area contributed by atoms with Crippen LogP contribution in [-0.4, -0.2) is 24.8 Å². The number of thiocarbonyl (C=S) groups is 1. The Hall–Kier alpha value is -2.26. The zero-order valence-corrected chi connectivity index (χ0v) is 17.9. The van der Waals surface area contributed by atoms with E-state index in [1.165, 1.54) is 35.5 Å². The standard InChI is InChI=1S/C20H22F2N2O3S2/c1-10-4-6-13-15(8-10)29-17(16(13)18(25)26-3)24-20(28)23-14-7-5-12(9-11(14)2)27-19(21)22/h5,7,9-10,19H,4,6,8H2,1-3H3,(H2,23,24,28). The molecule has 1 atom stereocenters. The summed E-state index contributed by atoms with van der Waals surface area (Å²) in [4.78, 5) is 13.6. The fourth-order valence-corrected chi connectivity index (χ4v) is 5.05. The van der Waals surface area contributed by atoms with Gasteiger partial charge < -0.3 is 20.1 Å². The van der Waals surface area contributed by atoms with Crippen molar-refractivity contribution in [1.82, 2.24) is 0 Å². The molecule has 5 nitrogen and oxygen atoms in total. The smallest absolute Gasteiger partial charge is 0.387 e. The average Bonchev–Trinajstić information content (AvgIpc) is 2.99. The lowest BCUT2D eigenvalue weighted by atomic mass is 9.88. The molecule has 0 radical (unpaired) electrons. The number of thiophene rings is 1. The van der Waals surface area contributed by atoms with E-state index in [1.807, 2.05) is 0 Å². The molecule has 1 aliphatic rings. The van der Waals surface area contributed by atoms with Crippen molar-refractivity contribution in [3.05, 3.63) is 39.8 Å². The molecule has 1 aromatic heterocycles. The fraction of sp³-hybridized carbons (Fsp3) is 0.400. The highest BCUT2D eigenvalue weighted by molar-refractivity contribution is 7.80.